The van der Waals surface area contributed by atoms with Crippen molar-refractivity contribution in [2.24, 2.45) is 0 Å². The molecule has 3 nitrogen and oxygen atoms in total. The summed E-state index contributed by atoms with van der Waals surface area (Å²) >= 11 is 10.1. The van der Waals surface area contributed by atoms with E-state index in [9.17, 15) is 0 Å². The van der Waals surface area contributed by atoms with E-state index >= 15 is 0 Å². The first-order valence-corrected chi connectivity index (χ1v) is 3.26. The molecule has 0 bridgehead atoms. The monoisotopic (exact) mass is 190 g/mol. The lowest BCUT2D eigenvalue weighted by Crippen LogP contribution is -1.78. The fourth-order valence-electron chi connectivity index (χ4n) is 0. The van der Waals surface area contributed by atoms with E-state index in [4.69, 9.17) is 38.2 Å². The highest BCUT2D eigenvalue weighted by atomic mass is 35.5. The van der Waals surface area contributed by atoms with Crippen molar-refractivity contribution in [2.75, 3.05) is 7.11 Å². The Kier molecular flexibility index (Phi) is 26.5. The number of hydrogen-bond donors (Lipinski definition) is 2. The molecule has 0 atom stereocenters. The van der Waals surface area contributed by atoms with Gasteiger partial charge in [-0.05, 0) is 6.92 Å². The number of aliphatic hydroxyl groups excluding tert-OH is 1. The summed E-state index contributed by atoms with van der Waals surface area (Å²) in [6.45, 7) is 2.78. The molecule has 0 saturated carbocycles. The van der Waals surface area contributed by atoms with Gasteiger partial charge in [-0.25, -0.2) is 0 Å². The van der Waals surface area contributed by atoms with E-state index < -0.39 is 5.97 Å². The number of rotatable bonds is 0. The van der Waals surface area contributed by atoms with Crippen molar-refractivity contribution < 1.29 is 15.0 Å². The molecule has 0 heterocycles. The Morgan fingerprint density at radius 3 is 1.40 bits per heavy atom. The zero-order chi connectivity index (χ0) is 9.15. The number of carboxylic acid groups (broad SMARTS) is 1. The average Bonchev–Trinajstić information content (AvgIpc) is 1.66. The summed E-state index contributed by atoms with van der Waals surface area (Å²) in [6.07, 6.45) is 0. The average molecular weight is 191 g/mol. The van der Waals surface area contributed by atoms with Crippen LogP contribution in [-0.2, 0) is 4.79 Å². The van der Waals surface area contributed by atoms with E-state index in [2.05, 4.69) is 0 Å². The first kappa shape index (κ1) is 16.5. The Bertz CT molecular complexity index is 59.2. The first-order chi connectivity index (χ1) is 4.46. The molecule has 0 aromatic rings. The van der Waals surface area contributed by atoms with E-state index in [0.29, 0.717) is 0 Å². The molecule has 0 saturated heterocycles. The smallest absolute Gasteiger partial charge is 0.300 e. The lowest BCUT2D eigenvalue weighted by molar-refractivity contribution is -0.134. The molecule has 2 N–H and O–H groups in total. The minimum Gasteiger partial charge on any atom is -0.481 e. The summed E-state index contributed by atoms with van der Waals surface area (Å²) in [4.78, 5) is 8.78. The van der Waals surface area contributed by atoms with Gasteiger partial charge in [-0.15, -0.1) is 23.2 Å². The van der Waals surface area contributed by atoms with Gasteiger partial charge in [-0.1, -0.05) is 0 Å². The summed E-state index contributed by atoms with van der Waals surface area (Å²) in [5, 5.41) is 14.4. The van der Waals surface area contributed by atoms with Crippen molar-refractivity contribution in [1.29, 1.82) is 0 Å². The lowest BCUT2D eigenvalue weighted by Gasteiger charge is -1.72. The molecule has 0 spiro atoms. The Morgan fingerprint density at radius 2 is 1.40 bits per heavy atom. The van der Waals surface area contributed by atoms with Gasteiger partial charge >= 0.3 is 0 Å². The molecule has 5 heteroatoms. The van der Waals surface area contributed by atoms with Crippen LogP contribution in [0.2, 0.25) is 0 Å². The molecular weight excluding hydrogens is 179 g/mol. The third kappa shape index (κ3) is 3940000. The summed E-state index contributed by atoms with van der Waals surface area (Å²) in [5.74, 6) is -0.833. The predicted molar refractivity (Wildman–Crippen MR) is 42.6 cm³/mol. The number of hydrogen-bond acceptors (Lipinski definition) is 2. The van der Waals surface area contributed by atoms with Crippen LogP contribution in [0.3, 0.4) is 0 Å². The molecule has 0 aliphatic carbocycles. The zero-order valence-corrected chi connectivity index (χ0v) is 7.65. The normalized spacial score (nSPS) is 6.70. The third-order valence-corrected chi connectivity index (χ3v) is 0. The Morgan fingerprint density at radius 1 is 1.40 bits per heavy atom. The van der Waals surface area contributed by atoms with Gasteiger partial charge in [0.1, 0.15) is 4.84 Å². The van der Waals surface area contributed by atoms with Crippen LogP contribution in [0, 0.1) is 0 Å². The van der Waals surface area contributed by atoms with Gasteiger partial charge in [0.15, 0.2) is 0 Å². The Labute approximate surface area is 70.6 Å². The van der Waals surface area contributed by atoms with E-state index in [1.807, 2.05) is 0 Å². The molecule has 10 heavy (non-hydrogen) atoms. The molecule has 0 aromatic carbocycles. The minimum absolute atomic E-state index is 0.222. The van der Waals surface area contributed by atoms with E-state index in [0.717, 1.165) is 14.0 Å². The molecule has 0 fully saturated rings. The number of alkyl halides is 2. The second kappa shape index (κ2) is 16.0. The maximum atomic E-state index is 9.00. The van der Waals surface area contributed by atoms with Gasteiger partial charge in [0.25, 0.3) is 5.97 Å². The lowest BCUT2D eigenvalue weighted by atomic mass is 10.9. The van der Waals surface area contributed by atoms with Crippen molar-refractivity contribution in [3.05, 3.63) is 0 Å². The molecule has 0 aliphatic rings. The first-order valence-electron chi connectivity index (χ1n) is 2.39. The van der Waals surface area contributed by atoms with Crippen molar-refractivity contribution >= 4 is 29.2 Å². The van der Waals surface area contributed by atoms with Crippen molar-refractivity contribution in [1.82, 2.24) is 0 Å². The highest BCUT2D eigenvalue weighted by molar-refractivity contribution is 6.43. The molecule has 0 aromatic heterocycles. The van der Waals surface area contributed by atoms with Crippen LogP contribution < -0.4 is 0 Å². The SMILES string of the molecule is CC(=O)O.CC(Cl)Cl.CO. The summed E-state index contributed by atoms with van der Waals surface area (Å²) in [6, 6.07) is 0. The molecule has 0 unspecified atom stereocenters. The standard InChI is InChI=1S/C2H4Cl2.C2H4O2.CH4O/c2*1-2(3)4;1-2/h2H,1H3;1H3,(H,3,4);2H,1H3. The molecule has 0 aliphatic heterocycles. The Hall–Kier alpha value is 0.01000. The fraction of sp³-hybridized carbons (Fsp3) is 0.800. The van der Waals surface area contributed by atoms with E-state index in [-0.39, 0.29) is 4.84 Å². The second-order valence-corrected chi connectivity index (χ2v) is 2.57. The van der Waals surface area contributed by atoms with Crippen LogP contribution in [0.4, 0.5) is 0 Å². The summed E-state index contributed by atoms with van der Waals surface area (Å²) in [5.41, 5.74) is 0. The van der Waals surface area contributed by atoms with Gasteiger partial charge in [0.2, 0.25) is 0 Å². The highest BCUT2D eigenvalue weighted by Gasteiger charge is 1.75. The molecule has 0 amide bonds. The van der Waals surface area contributed by atoms with E-state index in [1.54, 1.807) is 6.92 Å². The van der Waals surface area contributed by atoms with E-state index in [1.165, 1.54) is 0 Å². The van der Waals surface area contributed by atoms with Crippen LogP contribution in [0.15, 0.2) is 0 Å². The van der Waals surface area contributed by atoms with Crippen LogP contribution in [0.5, 0.6) is 0 Å². The topological polar surface area (TPSA) is 57.5 Å². The second-order valence-electron chi connectivity index (χ2n) is 1.04. The van der Waals surface area contributed by atoms with Crippen molar-refractivity contribution in [3.63, 3.8) is 0 Å². The Balaban J connectivity index is -0.0000000787. The number of aliphatic carboxylic acids is 1. The number of carboxylic acids is 1. The minimum atomic E-state index is -0.833. The maximum Gasteiger partial charge on any atom is 0.300 e. The van der Waals surface area contributed by atoms with Gasteiger partial charge in [-0.2, -0.15) is 0 Å². The van der Waals surface area contributed by atoms with Gasteiger partial charge in [0, 0.05) is 14.0 Å². The number of aliphatic hydroxyl groups is 1. The van der Waals surface area contributed by atoms with Crippen LogP contribution in [0.25, 0.3) is 0 Å². The van der Waals surface area contributed by atoms with Crippen LogP contribution in [-0.4, -0.2) is 28.1 Å². The molecule has 64 valence electrons. The molecule has 0 radical (unpaired) electrons. The largest absolute Gasteiger partial charge is 0.481 e. The summed E-state index contributed by atoms with van der Waals surface area (Å²) in [7, 11) is 1.00. The van der Waals surface area contributed by atoms with Crippen molar-refractivity contribution in [2.45, 2.75) is 18.7 Å². The highest BCUT2D eigenvalue weighted by Crippen LogP contribution is 1.95. The quantitative estimate of drug-likeness (QED) is 0.570. The summed E-state index contributed by atoms with van der Waals surface area (Å²) < 4.78 is 0. The van der Waals surface area contributed by atoms with Gasteiger partial charge in [-0.3, -0.25) is 4.79 Å². The third-order valence-electron chi connectivity index (χ3n) is 0. The predicted octanol–water partition coefficient (Wildman–Crippen LogP) is 1.51. The number of carbonyl (C=O) groups is 1. The zero-order valence-electron chi connectivity index (χ0n) is 6.14. The van der Waals surface area contributed by atoms with Crippen molar-refractivity contribution in [3.8, 4) is 0 Å². The molecule has 0 rings (SSSR count). The van der Waals surface area contributed by atoms with Gasteiger partial charge in [0.05, 0.1) is 0 Å². The van der Waals surface area contributed by atoms with Gasteiger partial charge < -0.3 is 10.2 Å². The van der Waals surface area contributed by atoms with Crippen LogP contribution >= 0.6 is 23.2 Å². The maximum absolute atomic E-state index is 9.00. The number of halogens is 2. The molecular formula is C5H12Cl2O3. The van der Waals surface area contributed by atoms with Crippen LogP contribution in [0.1, 0.15) is 13.8 Å². The fourth-order valence-corrected chi connectivity index (χ4v) is 0.